The number of pyridine rings is 1. The molecule has 3 nitrogen and oxygen atoms in total. The highest BCUT2D eigenvalue weighted by molar-refractivity contribution is 6.18. The van der Waals surface area contributed by atoms with Crippen LogP contribution in [0.25, 0.3) is 55.2 Å². The Kier molecular flexibility index (Phi) is 4.15. The van der Waals surface area contributed by atoms with E-state index in [0.717, 1.165) is 22.5 Å². The van der Waals surface area contributed by atoms with Gasteiger partial charge in [-0.15, -0.1) is 0 Å². The van der Waals surface area contributed by atoms with E-state index in [1.54, 1.807) is 0 Å². The van der Waals surface area contributed by atoms with Gasteiger partial charge in [0.15, 0.2) is 0 Å². The molecule has 0 spiro atoms. The van der Waals surface area contributed by atoms with Crippen molar-refractivity contribution < 1.29 is 0 Å². The summed E-state index contributed by atoms with van der Waals surface area (Å²) in [7, 11) is 0. The second-order valence-electron chi connectivity index (χ2n) is 8.56. The molecule has 4 aromatic carbocycles. The quantitative estimate of drug-likeness (QED) is 0.278. The van der Waals surface area contributed by atoms with Gasteiger partial charge in [0.25, 0.3) is 0 Å². The van der Waals surface area contributed by atoms with E-state index >= 15 is 0 Å². The molecule has 7 aromatic rings. The smallest absolute Gasteiger partial charge is 0.0788 e. The number of aromatic nitrogens is 3. The van der Waals surface area contributed by atoms with Crippen LogP contribution in [0.3, 0.4) is 0 Å². The third-order valence-corrected chi connectivity index (χ3v) is 6.64. The van der Waals surface area contributed by atoms with Crippen molar-refractivity contribution in [2.45, 2.75) is 0 Å². The summed E-state index contributed by atoms with van der Waals surface area (Å²) in [6.45, 7) is 0. The highest BCUT2D eigenvalue weighted by Crippen LogP contribution is 2.38. The van der Waals surface area contributed by atoms with Crippen molar-refractivity contribution in [1.82, 2.24) is 14.1 Å². The fraction of sp³-hybridized carbons (Fsp3) is 0. The molecule has 0 aliphatic rings. The topological polar surface area (TPSA) is 22.8 Å². The van der Waals surface area contributed by atoms with Gasteiger partial charge in [-0.1, -0.05) is 66.7 Å². The van der Waals surface area contributed by atoms with Crippen LogP contribution in [-0.2, 0) is 0 Å². The lowest BCUT2D eigenvalue weighted by Crippen LogP contribution is -1.98. The van der Waals surface area contributed by atoms with Gasteiger partial charge in [0.2, 0.25) is 0 Å². The van der Waals surface area contributed by atoms with Gasteiger partial charge in [0, 0.05) is 46.1 Å². The molecule has 7 rings (SSSR count). The van der Waals surface area contributed by atoms with Gasteiger partial charge in [-0.05, 0) is 53.6 Å². The number of benzene rings is 4. The summed E-state index contributed by atoms with van der Waals surface area (Å²) in [5, 5.41) is 3.75. The summed E-state index contributed by atoms with van der Waals surface area (Å²) in [5.74, 6) is 0. The molecule has 3 heterocycles. The van der Waals surface area contributed by atoms with Crippen molar-refractivity contribution in [1.29, 1.82) is 0 Å². The summed E-state index contributed by atoms with van der Waals surface area (Å²) >= 11 is 0. The lowest BCUT2D eigenvalue weighted by Gasteiger charge is -2.12. The number of hydrogen-bond donors (Lipinski definition) is 0. The van der Waals surface area contributed by atoms with Crippen LogP contribution in [0.2, 0.25) is 0 Å². The van der Waals surface area contributed by atoms with E-state index in [1.165, 1.54) is 32.7 Å². The predicted octanol–water partition coefficient (Wildman–Crippen LogP) is 7.79. The van der Waals surface area contributed by atoms with Gasteiger partial charge in [0.1, 0.15) is 0 Å². The first-order valence-corrected chi connectivity index (χ1v) is 11.5. The summed E-state index contributed by atoms with van der Waals surface area (Å²) in [6.07, 6.45) is 5.89. The van der Waals surface area contributed by atoms with Crippen molar-refractivity contribution >= 4 is 32.7 Å². The first-order valence-electron chi connectivity index (χ1n) is 11.5. The Morgan fingerprint density at radius 3 is 2.18 bits per heavy atom. The average molecular weight is 436 g/mol. The molecule has 34 heavy (non-hydrogen) atoms. The van der Waals surface area contributed by atoms with Crippen LogP contribution in [0.5, 0.6) is 0 Å². The van der Waals surface area contributed by atoms with Crippen molar-refractivity contribution in [3.8, 4) is 22.5 Å². The Hall–Kier alpha value is -4.63. The first kappa shape index (κ1) is 18.9. The van der Waals surface area contributed by atoms with Crippen LogP contribution >= 0.6 is 0 Å². The van der Waals surface area contributed by atoms with Crippen molar-refractivity contribution in [3.63, 3.8) is 0 Å². The van der Waals surface area contributed by atoms with Gasteiger partial charge < -0.3 is 9.13 Å². The molecular weight excluding hydrogens is 414 g/mol. The van der Waals surface area contributed by atoms with Crippen LogP contribution in [0.1, 0.15) is 0 Å². The lowest BCUT2D eigenvalue weighted by molar-refractivity contribution is 1.12. The molecule has 0 fully saturated rings. The number of para-hydroxylation sites is 2. The molecule has 3 aromatic heterocycles. The maximum absolute atomic E-state index is 4.27. The third-order valence-electron chi connectivity index (χ3n) is 6.64. The molecule has 0 aliphatic carbocycles. The van der Waals surface area contributed by atoms with Crippen LogP contribution in [-0.4, -0.2) is 14.1 Å². The number of fused-ring (bicyclic) bond motifs is 5. The fourth-order valence-electron chi connectivity index (χ4n) is 5.08. The molecule has 0 atom stereocenters. The molecule has 3 heteroatoms. The highest BCUT2D eigenvalue weighted by atomic mass is 15.0. The van der Waals surface area contributed by atoms with Gasteiger partial charge in [-0.3, -0.25) is 4.98 Å². The van der Waals surface area contributed by atoms with Crippen LogP contribution in [0.4, 0.5) is 0 Å². The van der Waals surface area contributed by atoms with Crippen LogP contribution in [0, 0.1) is 0 Å². The molecule has 0 saturated heterocycles. The van der Waals surface area contributed by atoms with E-state index in [0.29, 0.717) is 0 Å². The van der Waals surface area contributed by atoms with Gasteiger partial charge in [-0.25, -0.2) is 0 Å². The zero-order valence-electron chi connectivity index (χ0n) is 18.5. The second-order valence-corrected chi connectivity index (χ2v) is 8.56. The fourth-order valence-corrected chi connectivity index (χ4v) is 5.08. The van der Waals surface area contributed by atoms with E-state index < -0.39 is 0 Å². The zero-order valence-corrected chi connectivity index (χ0v) is 18.5. The lowest BCUT2D eigenvalue weighted by atomic mass is 10.1. The van der Waals surface area contributed by atoms with Gasteiger partial charge >= 0.3 is 0 Å². The van der Waals surface area contributed by atoms with Crippen LogP contribution in [0.15, 0.2) is 128 Å². The molecule has 0 bridgehead atoms. The molecule has 0 aliphatic heterocycles. The molecule has 0 saturated carbocycles. The molecule has 0 unspecified atom stereocenters. The third kappa shape index (κ3) is 2.81. The average Bonchev–Trinajstić information content (AvgIpc) is 3.49. The van der Waals surface area contributed by atoms with E-state index in [4.69, 9.17) is 0 Å². The minimum absolute atomic E-state index is 1.12. The largest absolute Gasteiger partial charge is 0.315 e. The molecule has 0 radical (unpaired) electrons. The monoisotopic (exact) mass is 435 g/mol. The van der Waals surface area contributed by atoms with E-state index in [1.807, 2.05) is 18.5 Å². The maximum atomic E-state index is 4.27. The molecule has 0 amide bonds. The van der Waals surface area contributed by atoms with Crippen LogP contribution < -0.4 is 0 Å². The van der Waals surface area contributed by atoms with Crippen molar-refractivity contribution in [2.75, 3.05) is 0 Å². The Bertz CT molecular complexity index is 1770. The predicted molar refractivity (Wildman–Crippen MR) is 141 cm³/mol. The molecule has 160 valence electrons. The second kappa shape index (κ2) is 7.46. The molecule has 0 N–H and O–H groups in total. The summed E-state index contributed by atoms with van der Waals surface area (Å²) in [5.41, 5.74) is 8.24. The summed E-state index contributed by atoms with van der Waals surface area (Å²) in [6, 6.07) is 38.8. The minimum atomic E-state index is 1.12. The van der Waals surface area contributed by atoms with Gasteiger partial charge in [-0.2, -0.15) is 0 Å². The van der Waals surface area contributed by atoms with E-state index in [2.05, 4.69) is 123 Å². The maximum Gasteiger partial charge on any atom is 0.0788 e. The Balaban J connectivity index is 1.55. The minimum Gasteiger partial charge on any atom is -0.315 e. The number of rotatable bonds is 3. The Labute approximate surface area is 197 Å². The van der Waals surface area contributed by atoms with E-state index in [-0.39, 0.29) is 0 Å². The molecular formula is C31H21N3. The van der Waals surface area contributed by atoms with Gasteiger partial charge in [0.05, 0.1) is 16.6 Å². The Morgan fingerprint density at radius 2 is 1.35 bits per heavy atom. The number of hydrogen-bond acceptors (Lipinski definition) is 1. The Morgan fingerprint density at radius 1 is 0.529 bits per heavy atom. The standard InChI is InChI=1S/C31H21N3/c1-2-8-25(9-3-1)33-20-18-23-14-17-28-27-10-4-5-11-29(27)34(31(28)30(23)33)26-15-12-22(13-16-26)24-7-6-19-32-21-24/h1-21H. The summed E-state index contributed by atoms with van der Waals surface area (Å²) in [4.78, 5) is 4.27. The van der Waals surface area contributed by atoms with E-state index in [9.17, 15) is 0 Å². The summed E-state index contributed by atoms with van der Waals surface area (Å²) < 4.78 is 4.70. The zero-order chi connectivity index (χ0) is 22.5. The number of nitrogens with zero attached hydrogens (tertiary/aromatic N) is 3. The SMILES string of the molecule is c1ccc(-n2ccc3ccc4c5ccccc5n(-c5ccc(-c6cccnc6)cc5)c4c32)cc1. The van der Waals surface area contributed by atoms with Crippen molar-refractivity contribution in [2.24, 2.45) is 0 Å². The normalized spacial score (nSPS) is 11.5. The highest BCUT2D eigenvalue weighted by Gasteiger charge is 2.17. The van der Waals surface area contributed by atoms with Crippen molar-refractivity contribution in [3.05, 3.63) is 128 Å². The first-order chi connectivity index (χ1) is 16.9.